The van der Waals surface area contributed by atoms with Crippen LogP contribution in [0.5, 0.6) is 17.2 Å². The van der Waals surface area contributed by atoms with Gasteiger partial charge < -0.3 is 14.2 Å². The molecule has 0 amide bonds. The van der Waals surface area contributed by atoms with Gasteiger partial charge in [0, 0.05) is 5.92 Å². The van der Waals surface area contributed by atoms with E-state index in [0.717, 1.165) is 12.2 Å². The molecule has 0 radical (unpaired) electrons. The van der Waals surface area contributed by atoms with Crippen molar-refractivity contribution in [3.8, 4) is 17.2 Å². The van der Waals surface area contributed by atoms with Gasteiger partial charge in [-0.25, -0.2) is 0 Å². The number of methoxy groups -OCH3 is 2. The number of hydrogen-bond donors (Lipinski definition) is 1. The summed E-state index contributed by atoms with van der Waals surface area (Å²) in [6.45, 7) is 2.75. The van der Waals surface area contributed by atoms with Crippen molar-refractivity contribution in [2.45, 2.75) is 13.3 Å². The normalized spacial score (nSPS) is 12.0. The summed E-state index contributed by atoms with van der Waals surface area (Å²) in [5.41, 5.74) is 0. The van der Waals surface area contributed by atoms with Crippen LogP contribution in [0.1, 0.15) is 13.3 Å². The van der Waals surface area contributed by atoms with Crippen molar-refractivity contribution >= 4 is 12.6 Å². The highest BCUT2D eigenvalue weighted by Gasteiger charge is 2.13. The molecular weight excluding hydrogens is 236 g/mol. The molecule has 0 bridgehead atoms. The minimum atomic E-state index is 0.438. The lowest BCUT2D eigenvalue weighted by molar-refractivity contribution is 0.235. The highest BCUT2D eigenvalue weighted by molar-refractivity contribution is 7.80. The number of benzene rings is 1. The second kappa shape index (κ2) is 7.33. The summed E-state index contributed by atoms with van der Waals surface area (Å²) in [4.78, 5) is 0. The van der Waals surface area contributed by atoms with Gasteiger partial charge in [-0.05, 0) is 24.3 Å². The monoisotopic (exact) mass is 256 g/mol. The highest BCUT2D eigenvalue weighted by atomic mass is 32.1. The van der Waals surface area contributed by atoms with Crippen molar-refractivity contribution in [2.24, 2.45) is 5.92 Å². The van der Waals surface area contributed by atoms with Crippen molar-refractivity contribution < 1.29 is 14.2 Å². The first-order valence-electron chi connectivity index (χ1n) is 5.71. The van der Waals surface area contributed by atoms with Crippen LogP contribution in [0.25, 0.3) is 0 Å². The third kappa shape index (κ3) is 3.73. The largest absolute Gasteiger partial charge is 0.493 e. The number of para-hydroxylation sites is 1. The summed E-state index contributed by atoms with van der Waals surface area (Å²) in [5.74, 6) is 3.30. The van der Waals surface area contributed by atoms with Crippen LogP contribution >= 0.6 is 12.6 Å². The van der Waals surface area contributed by atoms with Gasteiger partial charge in [0.05, 0.1) is 20.8 Å². The summed E-state index contributed by atoms with van der Waals surface area (Å²) in [7, 11) is 3.25. The summed E-state index contributed by atoms with van der Waals surface area (Å²) in [6.07, 6.45) is 1.04. The van der Waals surface area contributed by atoms with Gasteiger partial charge in [0.1, 0.15) is 0 Å². The first-order valence-corrected chi connectivity index (χ1v) is 6.34. The summed E-state index contributed by atoms with van der Waals surface area (Å²) < 4.78 is 16.3. The molecule has 3 nitrogen and oxygen atoms in total. The smallest absolute Gasteiger partial charge is 0.203 e. The van der Waals surface area contributed by atoms with Crippen molar-refractivity contribution in [1.29, 1.82) is 0 Å². The van der Waals surface area contributed by atoms with E-state index in [4.69, 9.17) is 14.2 Å². The average Bonchev–Trinajstić information content (AvgIpc) is 2.39. The lowest BCUT2D eigenvalue weighted by Crippen LogP contribution is -2.13. The maximum absolute atomic E-state index is 5.80. The lowest BCUT2D eigenvalue weighted by atomic mass is 10.1. The van der Waals surface area contributed by atoms with Gasteiger partial charge in [-0.1, -0.05) is 13.0 Å². The standard InChI is InChI=1S/C13H20O3S/c1-4-10(9-17)8-16-13-11(14-2)6-5-7-12(13)15-3/h5-7,10,17H,4,8-9H2,1-3H3. The molecule has 0 aliphatic carbocycles. The van der Waals surface area contributed by atoms with Crippen molar-refractivity contribution in [3.05, 3.63) is 18.2 Å². The van der Waals surface area contributed by atoms with Gasteiger partial charge in [-0.2, -0.15) is 12.6 Å². The Morgan fingerprint density at radius 1 is 1.18 bits per heavy atom. The fourth-order valence-corrected chi connectivity index (χ4v) is 1.82. The van der Waals surface area contributed by atoms with E-state index in [9.17, 15) is 0 Å². The van der Waals surface area contributed by atoms with Crippen LogP contribution in [-0.2, 0) is 0 Å². The molecule has 1 unspecified atom stereocenters. The zero-order valence-corrected chi connectivity index (χ0v) is 11.5. The number of rotatable bonds is 7. The zero-order valence-electron chi connectivity index (χ0n) is 10.6. The van der Waals surface area contributed by atoms with Crippen molar-refractivity contribution in [2.75, 3.05) is 26.6 Å². The van der Waals surface area contributed by atoms with E-state index in [0.29, 0.717) is 29.8 Å². The maximum Gasteiger partial charge on any atom is 0.203 e. The minimum Gasteiger partial charge on any atom is -0.493 e. The van der Waals surface area contributed by atoms with Gasteiger partial charge in [0.2, 0.25) is 5.75 Å². The van der Waals surface area contributed by atoms with E-state index in [-0.39, 0.29) is 0 Å². The summed E-state index contributed by atoms with van der Waals surface area (Å²) in [6, 6.07) is 5.60. The summed E-state index contributed by atoms with van der Waals surface area (Å²) in [5, 5.41) is 0. The lowest BCUT2D eigenvalue weighted by Gasteiger charge is -2.17. The average molecular weight is 256 g/mol. The second-order valence-electron chi connectivity index (χ2n) is 3.76. The molecule has 0 aliphatic heterocycles. The minimum absolute atomic E-state index is 0.438. The molecule has 0 saturated carbocycles. The molecule has 0 spiro atoms. The molecule has 17 heavy (non-hydrogen) atoms. The Hall–Kier alpha value is -1.03. The van der Waals surface area contributed by atoms with Crippen LogP contribution in [0.3, 0.4) is 0 Å². The van der Waals surface area contributed by atoms with Crippen LogP contribution in [0, 0.1) is 5.92 Å². The third-order valence-corrected chi connectivity index (χ3v) is 3.20. The van der Waals surface area contributed by atoms with E-state index < -0.39 is 0 Å². The van der Waals surface area contributed by atoms with Gasteiger partial charge in [-0.15, -0.1) is 0 Å². The molecule has 4 heteroatoms. The second-order valence-corrected chi connectivity index (χ2v) is 4.12. The molecule has 0 heterocycles. The van der Waals surface area contributed by atoms with E-state index in [1.165, 1.54) is 0 Å². The number of ether oxygens (including phenoxy) is 3. The summed E-state index contributed by atoms with van der Waals surface area (Å²) >= 11 is 4.30. The van der Waals surface area contributed by atoms with Crippen LogP contribution < -0.4 is 14.2 Å². The van der Waals surface area contributed by atoms with Gasteiger partial charge in [0.25, 0.3) is 0 Å². The Labute approximate surface area is 108 Å². The Balaban J connectivity index is 2.80. The topological polar surface area (TPSA) is 27.7 Å². The Morgan fingerprint density at radius 2 is 1.76 bits per heavy atom. The Morgan fingerprint density at radius 3 is 2.18 bits per heavy atom. The molecule has 0 saturated heterocycles. The van der Waals surface area contributed by atoms with E-state index >= 15 is 0 Å². The molecule has 1 aromatic rings. The predicted molar refractivity (Wildman–Crippen MR) is 72.7 cm³/mol. The molecular formula is C13H20O3S. The number of thiol groups is 1. The fourth-order valence-electron chi connectivity index (χ4n) is 1.46. The molecule has 0 fully saturated rings. The Bertz CT molecular complexity index is 315. The SMILES string of the molecule is CCC(CS)COc1c(OC)cccc1OC. The third-order valence-electron chi connectivity index (χ3n) is 2.68. The van der Waals surface area contributed by atoms with E-state index in [2.05, 4.69) is 19.6 Å². The highest BCUT2D eigenvalue weighted by Crippen LogP contribution is 2.37. The van der Waals surface area contributed by atoms with Crippen LogP contribution in [0.15, 0.2) is 18.2 Å². The van der Waals surface area contributed by atoms with Gasteiger partial charge in [0.15, 0.2) is 11.5 Å². The molecule has 0 aliphatic rings. The van der Waals surface area contributed by atoms with Crippen molar-refractivity contribution in [3.63, 3.8) is 0 Å². The van der Waals surface area contributed by atoms with Crippen LogP contribution in [0.4, 0.5) is 0 Å². The first kappa shape index (κ1) is 14.0. The molecule has 96 valence electrons. The van der Waals surface area contributed by atoms with E-state index in [1.54, 1.807) is 14.2 Å². The van der Waals surface area contributed by atoms with Gasteiger partial charge >= 0.3 is 0 Å². The molecule has 1 aromatic carbocycles. The van der Waals surface area contributed by atoms with E-state index in [1.807, 2.05) is 18.2 Å². The molecule has 1 rings (SSSR count). The zero-order chi connectivity index (χ0) is 12.7. The first-order chi connectivity index (χ1) is 8.26. The Kier molecular flexibility index (Phi) is 6.05. The number of hydrogen-bond acceptors (Lipinski definition) is 4. The molecule has 1 atom stereocenters. The molecule has 0 N–H and O–H groups in total. The maximum atomic E-state index is 5.80. The predicted octanol–water partition coefficient (Wildman–Crippen LogP) is 3.04. The van der Waals surface area contributed by atoms with Crippen LogP contribution in [-0.4, -0.2) is 26.6 Å². The van der Waals surface area contributed by atoms with Gasteiger partial charge in [-0.3, -0.25) is 0 Å². The fraction of sp³-hybridized carbons (Fsp3) is 0.538. The van der Waals surface area contributed by atoms with Crippen LogP contribution in [0.2, 0.25) is 0 Å². The quantitative estimate of drug-likeness (QED) is 0.760. The van der Waals surface area contributed by atoms with Crippen molar-refractivity contribution in [1.82, 2.24) is 0 Å². The molecule has 0 aromatic heterocycles.